The second kappa shape index (κ2) is 5.81. The molecule has 0 radical (unpaired) electrons. The number of ether oxygens (including phenoxy) is 2. The topological polar surface area (TPSA) is 72.9 Å². The molecule has 1 aliphatic carbocycles. The highest BCUT2D eigenvalue weighted by Crippen LogP contribution is 2.57. The van der Waals surface area contributed by atoms with Gasteiger partial charge < -0.3 is 14.4 Å². The number of benzene rings is 1. The molecule has 1 saturated heterocycles. The molecule has 2 aliphatic heterocycles. The molecular weight excluding hydrogens is 346 g/mol. The Bertz CT molecular complexity index is 836. The molecule has 2 fully saturated rings. The van der Waals surface area contributed by atoms with Crippen LogP contribution in [0.4, 0.5) is 0 Å². The van der Waals surface area contributed by atoms with E-state index in [0.717, 1.165) is 11.1 Å². The van der Waals surface area contributed by atoms with Gasteiger partial charge in [-0.05, 0) is 35.1 Å². The summed E-state index contributed by atoms with van der Waals surface area (Å²) in [6.45, 7) is 4.39. The highest BCUT2D eigenvalue weighted by Gasteiger charge is 2.64. The SMILES string of the molecule is COc1cc2c(cc1OC)[C@H]1N(CC2)C(=O)CC12C(=O)CC(C)(C)CC2=O. The van der Waals surface area contributed by atoms with E-state index in [0.29, 0.717) is 37.3 Å². The van der Waals surface area contributed by atoms with Gasteiger partial charge in [0.05, 0.1) is 20.3 Å². The number of carbonyl (C=O) groups is 3. The molecule has 1 aromatic rings. The lowest BCUT2D eigenvalue weighted by Gasteiger charge is -2.44. The molecule has 1 saturated carbocycles. The van der Waals surface area contributed by atoms with Crippen LogP contribution in [-0.2, 0) is 20.8 Å². The first-order chi connectivity index (χ1) is 12.7. The Morgan fingerprint density at radius 1 is 0.963 bits per heavy atom. The fraction of sp³-hybridized carbons (Fsp3) is 0.571. The monoisotopic (exact) mass is 371 g/mol. The number of ketones is 2. The van der Waals surface area contributed by atoms with E-state index in [1.54, 1.807) is 19.1 Å². The van der Waals surface area contributed by atoms with E-state index in [1.165, 1.54) is 0 Å². The predicted molar refractivity (Wildman–Crippen MR) is 97.8 cm³/mol. The van der Waals surface area contributed by atoms with Gasteiger partial charge in [-0.25, -0.2) is 0 Å². The van der Waals surface area contributed by atoms with Crippen LogP contribution in [0.25, 0.3) is 0 Å². The standard InChI is InChI=1S/C21H25NO5/c1-20(2)9-16(23)21(17(24)10-20)11-18(25)22-6-5-12-7-14(26-3)15(27-4)8-13(12)19(21)22/h7-8,19H,5-6,9-11H2,1-4H3/t19-/m1/s1. The number of Topliss-reactive ketones (excluding diaryl/α,β-unsaturated/α-hetero) is 2. The van der Waals surface area contributed by atoms with E-state index in [1.807, 2.05) is 26.0 Å². The summed E-state index contributed by atoms with van der Waals surface area (Å²) < 4.78 is 10.8. The van der Waals surface area contributed by atoms with Gasteiger partial charge in [-0.1, -0.05) is 13.8 Å². The quantitative estimate of drug-likeness (QED) is 0.747. The Balaban J connectivity index is 1.90. The summed E-state index contributed by atoms with van der Waals surface area (Å²) in [6.07, 6.45) is 1.29. The minimum Gasteiger partial charge on any atom is -0.493 e. The molecular formula is C21H25NO5. The second-order valence-electron chi connectivity index (χ2n) is 8.66. The van der Waals surface area contributed by atoms with E-state index in [9.17, 15) is 14.4 Å². The van der Waals surface area contributed by atoms with E-state index < -0.39 is 11.5 Å². The van der Waals surface area contributed by atoms with Crippen LogP contribution < -0.4 is 9.47 Å². The number of methoxy groups -OCH3 is 2. The van der Waals surface area contributed by atoms with Gasteiger partial charge in [0.15, 0.2) is 11.5 Å². The molecule has 27 heavy (non-hydrogen) atoms. The zero-order chi connectivity index (χ0) is 19.6. The number of carbonyl (C=O) groups excluding carboxylic acids is 3. The molecule has 144 valence electrons. The van der Waals surface area contributed by atoms with E-state index >= 15 is 0 Å². The Morgan fingerprint density at radius 2 is 1.56 bits per heavy atom. The first-order valence-electron chi connectivity index (χ1n) is 9.34. The molecule has 0 unspecified atom stereocenters. The first-order valence-corrected chi connectivity index (χ1v) is 9.34. The second-order valence-corrected chi connectivity index (χ2v) is 8.66. The van der Waals surface area contributed by atoms with Gasteiger partial charge in [0.2, 0.25) is 5.91 Å². The average Bonchev–Trinajstić information content (AvgIpc) is 2.92. The molecule has 6 heteroatoms. The van der Waals surface area contributed by atoms with Crippen LogP contribution in [-0.4, -0.2) is 43.1 Å². The number of rotatable bonds is 2. The maximum atomic E-state index is 13.3. The lowest BCUT2D eigenvalue weighted by Crippen LogP contribution is -2.52. The summed E-state index contributed by atoms with van der Waals surface area (Å²) in [5, 5.41) is 0. The van der Waals surface area contributed by atoms with Crippen LogP contribution in [0.3, 0.4) is 0 Å². The van der Waals surface area contributed by atoms with E-state index in [2.05, 4.69) is 0 Å². The van der Waals surface area contributed by atoms with Crippen LogP contribution in [0.15, 0.2) is 12.1 Å². The van der Waals surface area contributed by atoms with Crippen molar-refractivity contribution in [2.24, 2.45) is 10.8 Å². The maximum absolute atomic E-state index is 13.3. The summed E-state index contributed by atoms with van der Waals surface area (Å²) in [5.74, 6) is 0.843. The Morgan fingerprint density at radius 3 is 2.15 bits per heavy atom. The Hall–Kier alpha value is -2.37. The van der Waals surface area contributed by atoms with Crippen LogP contribution in [0.1, 0.15) is 50.3 Å². The van der Waals surface area contributed by atoms with Crippen molar-refractivity contribution in [1.29, 1.82) is 0 Å². The lowest BCUT2D eigenvalue weighted by molar-refractivity contribution is -0.150. The normalized spacial score (nSPS) is 25.4. The summed E-state index contributed by atoms with van der Waals surface area (Å²) >= 11 is 0. The molecule has 1 spiro atoms. The zero-order valence-electron chi connectivity index (χ0n) is 16.3. The van der Waals surface area contributed by atoms with Crippen molar-refractivity contribution < 1.29 is 23.9 Å². The lowest BCUT2D eigenvalue weighted by atomic mass is 9.59. The molecule has 4 rings (SSSR count). The summed E-state index contributed by atoms with van der Waals surface area (Å²) in [4.78, 5) is 41.1. The van der Waals surface area contributed by atoms with E-state index in [4.69, 9.17) is 9.47 Å². The third-order valence-electron chi connectivity index (χ3n) is 6.36. The van der Waals surface area contributed by atoms with Crippen molar-refractivity contribution in [3.63, 3.8) is 0 Å². The van der Waals surface area contributed by atoms with Crippen molar-refractivity contribution in [2.45, 2.75) is 45.6 Å². The maximum Gasteiger partial charge on any atom is 0.224 e. The molecule has 6 nitrogen and oxygen atoms in total. The molecule has 3 aliphatic rings. The van der Waals surface area contributed by atoms with Gasteiger partial charge >= 0.3 is 0 Å². The van der Waals surface area contributed by atoms with Crippen molar-refractivity contribution in [3.05, 3.63) is 23.3 Å². The Labute approximate surface area is 158 Å². The number of fused-ring (bicyclic) bond motifs is 4. The largest absolute Gasteiger partial charge is 0.493 e. The van der Waals surface area contributed by atoms with Crippen LogP contribution >= 0.6 is 0 Å². The highest BCUT2D eigenvalue weighted by molar-refractivity contribution is 6.14. The van der Waals surface area contributed by atoms with Crippen LogP contribution in [0.2, 0.25) is 0 Å². The number of amides is 1. The minimum absolute atomic E-state index is 0.0147. The third kappa shape index (κ3) is 2.42. The minimum atomic E-state index is -1.26. The smallest absolute Gasteiger partial charge is 0.224 e. The highest BCUT2D eigenvalue weighted by atomic mass is 16.5. The molecule has 1 amide bonds. The first kappa shape index (κ1) is 18.0. The van der Waals surface area contributed by atoms with Crippen molar-refractivity contribution in [2.75, 3.05) is 20.8 Å². The van der Waals surface area contributed by atoms with Gasteiger partial charge in [0.25, 0.3) is 0 Å². The molecule has 0 N–H and O–H groups in total. The average molecular weight is 371 g/mol. The molecule has 0 aromatic heterocycles. The van der Waals surface area contributed by atoms with Gasteiger partial charge in [0, 0.05) is 25.8 Å². The van der Waals surface area contributed by atoms with Gasteiger partial charge in [-0.2, -0.15) is 0 Å². The van der Waals surface area contributed by atoms with Crippen LogP contribution in [0, 0.1) is 10.8 Å². The third-order valence-corrected chi connectivity index (χ3v) is 6.36. The van der Waals surface area contributed by atoms with E-state index in [-0.39, 0.29) is 29.3 Å². The summed E-state index contributed by atoms with van der Waals surface area (Å²) in [5.41, 5.74) is 0.228. The summed E-state index contributed by atoms with van der Waals surface area (Å²) in [6, 6.07) is 3.21. The fourth-order valence-electron chi connectivity index (χ4n) is 5.09. The van der Waals surface area contributed by atoms with Crippen molar-refractivity contribution in [3.8, 4) is 11.5 Å². The number of nitrogens with zero attached hydrogens (tertiary/aromatic N) is 1. The fourth-order valence-corrected chi connectivity index (χ4v) is 5.09. The van der Waals surface area contributed by atoms with Gasteiger partial charge in [-0.3, -0.25) is 14.4 Å². The number of hydrogen-bond donors (Lipinski definition) is 0. The van der Waals surface area contributed by atoms with Crippen molar-refractivity contribution in [1.82, 2.24) is 4.90 Å². The van der Waals surface area contributed by atoms with Crippen molar-refractivity contribution >= 4 is 17.5 Å². The van der Waals surface area contributed by atoms with Gasteiger partial charge in [0.1, 0.15) is 17.0 Å². The summed E-state index contributed by atoms with van der Waals surface area (Å²) in [7, 11) is 3.13. The zero-order valence-corrected chi connectivity index (χ0v) is 16.3. The molecule has 1 atom stereocenters. The molecule has 1 aromatic carbocycles. The van der Waals surface area contributed by atoms with Crippen LogP contribution in [0.5, 0.6) is 11.5 Å². The Kier molecular flexibility index (Phi) is 3.88. The molecule has 0 bridgehead atoms. The number of hydrogen-bond acceptors (Lipinski definition) is 5. The predicted octanol–water partition coefficient (Wildman–Crippen LogP) is 2.48. The molecule has 2 heterocycles. The van der Waals surface area contributed by atoms with Gasteiger partial charge in [-0.15, -0.1) is 0 Å².